The van der Waals surface area contributed by atoms with E-state index in [2.05, 4.69) is 11.4 Å². The molecule has 0 bridgehead atoms. The fraction of sp³-hybridized carbons (Fsp3) is 0.500. The van der Waals surface area contributed by atoms with Crippen molar-refractivity contribution in [3.63, 3.8) is 0 Å². The second kappa shape index (κ2) is 13.7. The first-order valence-electron chi connectivity index (χ1n) is 12.9. The van der Waals surface area contributed by atoms with Crippen LogP contribution in [-0.4, -0.2) is 59.7 Å². The molecular formula is C28H38N4O7S. The lowest BCUT2D eigenvalue weighted by Gasteiger charge is -2.35. The van der Waals surface area contributed by atoms with Crippen molar-refractivity contribution in [2.75, 3.05) is 13.1 Å². The zero-order valence-electron chi connectivity index (χ0n) is 23.5. The normalized spacial score (nSPS) is 13.8. The average molecular weight is 575 g/mol. The third-order valence-electron chi connectivity index (χ3n) is 6.04. The van der Waals surface area contributed by atoms with E-state index in [4.69, 9.17) is 10.00 Å². The molecule has 11 nitrogen and oxygen atoms in total. The highest BCUT2D eigenvalue weighted by Gasteiger charge is 2.35. The quantitative estimate of drug-likeness (QED) is 0.262. The molecule has 218 valence electrons. The van der Waals surface area contributed by atoms with Crippen LogP contribution in [0.15, 0.2) is 59.5 Å². The second-order valence-electron chi connectivity index (χ2n) is 11.4. The number of nitro groups is 1. The summed E-state index contributed by atoms with van der Waals surface area (Å²) >= 11 is 0. The number of ether oxygens (including phenoxy) is 1. The number of alkyl carbamates (subject to hydrolysis) is 1. The van der Waals surface area contributed by atoms with Crippen molar-refractivity contribution < 1.29 is 28.0 Å². The average Bonchev–Trinajstić information content (AvgIpc) is 2.86. The van der Waals surface area contributed by atoms with E-state index < -0.39 is 50.7 Å². The summed E-state index contributed by atoms with van der Waals surface area (Å²) in [7, 11) is -4.33. The molecule has 2 aromatic carbocycles. The molecule has 0 heterocycles. The van der Waals surface area contributed by atoms with Gasteiger partial charge in [-0.05, 0) is 50.7 Å². The molecule has 0 aromatic heterocycles. The number of nitrogens with one attached hydrogen (secondary N) is 1. The maximum absolute atomic E-state index is 13.8. The molecule has 0 aliphatic carbocycles. The van der Waals surface area contributed by atoms with E-state index in [0.29, 0.717) is 6.42 Å². The molecule has 12 heteroatoms. The number of carbonyl (C=O) groups excluding carboxylic acids is 1. The van der Waals surface area contributed by atoms with Gasteiger partial charge in [-0.15, -0.1) is 0 Å². The number of hydrogen-bond donors (Lipinski definition) is 2. The molecule has 0 fully saturated rings. The number of benzene rings is 2. The smallest absolute Gasteiger partial charge is 0.407 e. The van der Waals surface area contributed by atoms with Gasteiger partial charge in [-0.3, -0.25) is 10.1 Å². The van der Waals surface area contributed by atoms with Crippen LogP contribution in [0.1, 0.15) is 53.0 Å². The molecule has 40 heavy (non-hydrogen) atoms. The zero-order chi connectivity index (χ0) is 30.1. The molecule has 2 rings (SSSR count). The Bertz CT molecular complexity index is 1300. The van der Waals surface area contributed by atoms with E-state index in [9.17, 15) is 28.4 Å². The van der Waals surface area contributed by atoms with Gasteiger partial charge in [-0.25, -0.2) is 13.2 Å². The van der Waals surface area contributed by atoms with Gasteiger partial charge in [0.05, 0.1) is 28.0 Å². The number of carbonyl (C=O) groups is 1. The molecule has 0 saturated heterocycles. The standard InChI is InChI=1S/C28H38N4O7S/c1-27(2,3)39-26(34)30-24(17-21-11-7-6-8-12-21)25(33)19-31(20-28(4,5)15-10-16-29)40(37,38)23-14-9-13-22(18-23)32(35)36/h6-9,11-14,18,24-25,33H,10,15,17,19-20H2,1-5H3,(H,30,34)/t24-,25?/m0/s1. The Hall–Kier alpha value is -3.53. The summed E-state index contributed by atoms with van der Waals surface area (Å²) in [5.74, 6) is 0. The lowest BCUT2D eigenvalue weighted by Crippen LogP contribution is -2.52. The number of non-ortho nitro benzene ring substituents is 1. The van der Waals surface area contributed by atoms with Gasteiger partial charge in [0.2, 0.25) is 10.0 Å². The molecule has 0 radical (unpaired) electrons. The van der Waals surface area contributed by atoms with Crippen molar-refractivity contribution in [3.8, 4) is 6.07 Å². The lowest BCUT2D eigenvalue weighted by atomic mass is 9.88. The van der Waals surface area contributed by atoms with Crippen LogP contribution in [0.2, 0.25) is 0 Å². The molecule has 2 N–H and O–H groups in total. The van der Waals surface area contributed by atoms with Crippen molar-refractivity contribution in [2.24, 2.45) is 5.41 Å². The highest BCUT2D eigenvalue weighted by atomic mass is 32.2. The number of sulfonamides is 1. The largest absolute Gasteiger partial charge is 0.444 e. The third-order valence-corrected chi connectivity index (χ3v) is 7.85. The van der Waals surface area contributed by atoms with Crippen LogP contribution >= 0.6 is 0 Å². The molecule has 0 saturated carbocycles. The van der Waals surface area contributed by atoms with Crippen LogP contribution in [0.3, 0.4) is 0 Å². The second-order valence-corrected chi connectivity index (χ2v) is 13.3. The number of nitrogens with zero attached hydrogens (tertiary/aromatic N) is 3. The molecule has 1 unspecified atom stereocenters. The SMILES string of the molecule is CC(C)(CCC#N)CN(CC(O)[C@H](Cc1ccccc1)NC(=O)OC(C)(C)C)S(=O)(=O)c1cccc([N+](=O)[O-])c1. The molecule has 2 aromatic rings. The lowest BCUT2D eigenvalue weighted by molar-refractivity contribution is -0.385. The molecule has 2 atom stereocenters. The van der Waals surface area contributed by atoms with Gasteiger partial charge < -0.3 is 15.2 Å². The first-order valence-corrected chi connectivity index (χ1v) is 14.3. The molecule has 1 amide bonds. The predicted octanol–water partition coefficient (Wildman–Crippen LogP) is 4.41. The third kappa shape index (κ3) is 10.2. The molecule has 0 spiro atoms. The van der Waals surface area contributed by atoms with Crippen LogP contribution in [0.25, 0.3) is 0 Å². The van der Waals surface area contributed by atoms with Gasteiger partial charge >= 0.3 is 6.09 Å². The monoisotopic (exact) mass is 574 g/mol. The number of rotatable bonds is 13. The minimum absolute atomic E-state index is 0.0821. The Labute approximate surface area is 236 Å². The fourth-order valence-electron chi connectivity index (χ4n) is 4.05. The van der Waals surface area contributed by atoms with Crippen LogP contribution in [0, 0.1) is 26.9 Å². The van der Waals surface area contributed by atoms with Crippen LogP contribution in [-0.2, 0) is 21.2 Å². The van der Waals surface area contributed by atoms with Gasteiger partial charge in [0, 0.05) is 31.6 Å². The number of nitriles is 1. The summed E-state index contributed by atoms with van der Waals surface area (Å²) < 4.78 is 34.0. The highest BCUT2D eigenvalue weighted by molar-refractivity contribution is 7.89. The van der Waals surface area contributed by atoms with E-state index in [1.54, 1.807) is 34.6 Å². The number of nitro benzene ring substituents is 1. The Balaban J connectivity index is 2.46. The van der Waals surface area contributed by atoms with Crippen molar-refractivity contribution in [2.45, 2.75) is 76.5 Å². The van der Waals surface area contributed by atoms with E-state index >= 15 is 0 Å². The molecule has 0 aliphatic heterocycles. The summed E-state index contributed by atoms with van der Waals surface area (Å²) in [6.07, 6.45) is -1.40. The summed E-state index contributed by atoms with van der Waals surface area (Å²) in [6.45, 7) is 8.19. The van der Waals surface area contributed by atoms with Crippen molar-refractivity contribution in [1.82, 2.24) is 9.62 Å². The minimum Gasteiger partial charge on any atom is -0.444 e. The van der Waals surface area contributed by atoms with Crippen molar-refractivity contribution in [3.05, 3.63) is 70.3 Å². The molecular weight excluding hydrogens is 536 g/mol. The summed E-state index contributed by atoms with van der Waals surface area (Å²) in [4.78, 5) is 23.0. The predicted molar refractivity (Wildman–Crippen MR) is 150 cm³/mol. The summed E-state index contributed by atoms with van der Waals surface area (Å²) in [6, 6.07) is 14.9. The van der Waals surface area contributed by atoms with E-state index in [1.165, 1.54) is 18.2 Å². The topological polar surface area (TPSA) is 163 Å². The van der Waals surface area contributed by atoms with Gasteiger partial charge in [-0.1, -0.05) is 50.2 Å². The molecule has 0 aliphatic rings. The van der Waals surface area contributed by atoms with Gasteiger partial charge in [0.25, 0.3) is 5.69 Å². The zero-order valence-corrected chi connectivity index (χ0v) is 24.3. The van der Waals surface area contributed by atoms with Crippen LogP contribution in [0.4, 0.5) is 10.5 Å². The van der Waals surface area contributed by atoms with E-state index in [1.807, 2.05) is 30.3 Å². The number of aliphatic hydroxyl groups is 1. The maximum Gasteiger partial charge on any atom is 0.407 e. The summed E-state index contributed by atoms with van der Waals surface area (Å²) in [5.41, 5.74) is -1.06. The van der Waals surface area contributed by atoms with Crippen molar-refractivity contribution in [1.29, 1.82) is 5.26 Å². The van der Waals surface area contributed by atoms with Crippen LogP contribution in [0.5, 0.6) is 0 Å². The Morgan fingerprint density at radius 2 is 1.80 bits per heavy atom. The minimum atomic E-state index is -4.33. The van der Waals surface area contributed by atoms with Gasteiger partial charge in [0.15, 0.2) is 0 Å². The summed E-state index contributed by atoms with van der Waals surface area (Å²) in [5, 5.41) is 34.4. The highest BCUT2D eigenvalue weighted by Crippen LogP contribution is 2.29. The van der Waals surface area contributed by atoms with Gasteiger partial charge in [0.1, 0.15) is 5.60 Å². The number of hydrogen-bond acceptors (Lipinski definition) is 8. The van der Waals surface area contributed by atoms with Gasteiger partial charge in [-0.2, -0.15) is 9.57 Å². The van der Waals surface area contributed by atoms with E-state index in [-0.39, 0.29) is 30.0 Å². The fourth-order valence-corrected chi connectivity index (χ4v) is 5.74. The van der Waals surface area contributed by atoms with E-state index in [0.717, 1.165) is 15.9 Å². The Morgan fingerprint density at radius 3 is 2.38 bits per heavy atom. The Kier molecular flexibility index (Phi) is 11.2. The van der Waals surface area contributed by atoms with Crippen LogP contribution < -0.4 is 5.32 Å². The number of amides is 1. The maximum atomic E-state index is 13.8. The first kappa shape index (κ1) is 32.7. The Morgan fingerprint density at radius 1 is 1.15 bits per heavy atom. The number of aliphatic hydroxyl groups excluding tert-OH is 1. The van der Waals surface area contributed by atoms with Crippen molar-refractivity contribution >= 4 is 21.8 Å². The first-order chi connectivity index (χ1) is 18.5.